The molecule has 0 radical (unpaired) electrons. The van der Waals surface area contributed by atoms with E-state index in [1.54, 1.807) is 0 Å². The van der Waals surface area contributed by atoms with E-state index in [0.717, 1.165) is 77.0 Å². The SMILES string of the molecule is CCCCCC/C=C\CCCCCCCC(=O)NC(COC1OC(CO)C(OC2OC(CO)C(OC3OC(CO)C(O)C(O)C3O)C(O)C2O)C(O)C1O)C(O)CCCCCCCCC. The summed E-state index contributed by atoms with van der Waals surface area (Å²) in [5, 5.41) is 119. The monoisotopic (exact) mass is 940 g/mol. The Hall–Kier alpha value is -1.47. The van der Waals surface area contributed by atoms with Crippen molar-refractivity contribution in [3.8, 4) is 0 Å². The number of allylic oxidation sites excluding steroid dienone is 2. The molecule has 3 fully saturated rings. The van der Waals surface area contributed by atoms with E-state index in [4.69, 9.17) is 28.4 Å². The molecule has 382 valence electrons. The largest absolute Gasteiger partial charge is 0.394 e. The molecule has 0 aromatic rings. The number of amides is 1. The van der Waals surface area contributed by atoms with Crippen LogP contribution in [0.4, 0.5) is 0 Å². The van der Waals surface area contributed by atoms with Gasteiger partial charge >= 0.3 is 0 Å². The number of unbranched alkanes of at least 4 members (excludes halogenated alkanes) is 15. The van der Waals surface area contributed by atoms with Crippen LogP contribution < -0.4 is 5.32 Å². The van der Waals surface area contributed by atoms with Crippen molar-refractivity contribution in [2.75, 3.05) is 26.4 Å². The van der Waals surface area contributed by atoms with Crippen molar-refractivity contribution in [2.45, 2.75) is 247 Å². The maximum atomic E-state index is 13.1. The highest BCUT2D eigenvalue weighted by Gasteiger charge is 2.53. The zero-order chi connectivity index (χ0) is 47.7. The van der Waals surface area contributed by atoms with Crippen LogP contribution in [0.15, 0.2) is 12.2 Å². The Morgan fingerprint density at radius 3 is 1.51 bits per heavy atom. The highest BCUT2D eigenvalue weighted by molar-refractivity contribution is 5.76. The first-order valence-electron chi connectivity index (χ1n) is 24.4. The molecule has 3 heterocycles. The minimum absolute atomic E-state index is 0.257. The van der Waals surface area contributed by atoms with Gasteiger partial charge in [0.15, 0.2) is 18.9 Å². The normalized spacial score (nSPS) is 34.2. The summed E-state index contributed by atoms with van der Waals surface area (Å²) in [6.45, 7) is 1.66. The van der Waals surface area contributed by atoms with Gasteiger partial charge in [-0.05, 0) is 38.5 Å². The van der Waals surface area contributed by atoms with Gasteiger partial charge in [-0.1, -0.05) is 109 Å². The summed E-state index contributed by atoms with van der Waals surface area (Å²) >= 11 is 0. The second-order valence-electron chi connectivity index (χ2n) is 17.9. The van der Waals surface area contributed by atoms with Crippen molar-refractivity contribution in [3.63, 3.8) is 0 Å². The number of aliphatic hydroxyl groups is 11. The molecule has 65 heavy (non-hydrogen) atoms. The molecule has 3 aliphatic rings. The van der Waals surface area contributed by atoms with Gasteiger partial charge in [0.2, 0.25) is 5.91 Å². The van der Waals surface area contributed by atoms with Gasteiger partial charge in [-0.2, -0.15) is 0 Å². The van der Waals surface area contributed by atoms with Crippen LogP contribution >= 0.6 is 0 Å². The van der Waals surface area contributed by atoms with Crippen LogP contribution in [0.25, 0.3) is 0 Å². The van der Waals surface area contributed by atoms with E-state index in [9.17, 15) is 61.0 Å². The number of hydrogen-bond donors (Lipinski definition) is 12. The number of rotatable bonds is 33. The second kappa shape index (κ2) is 32.4. The molecule has 17 atom stereocenters. The predicted molar refractivity (Wildman–Crippen MR) is 236 cm³/mol. The van der Waals surface area contributed by atoms with Crippen LogP contribution in [0.5, 0.6) is 0 Å². The minimum Gasteiger partial charge on any atom is -0.394 e. The lowest BCUT2D eigenvalue weighted by Crippen LogP contribution is -2.66. The van der Waals surface area contributed by atoms with Crippen LogP contribution in [0, 0.1) is 0 Å². The summed E-state index contributed by atoms with van der Waals surface area (Å²) in [5.41, 5.74) is 0. The molecule has 0 aromatic carbocycles. The van der Waals surface area contributed by atoms with E-state index in [-0.39, 0.29) is 18.9 Å². The number of aliphatic hydroxyl groups excluding tert-OH is 11. The van der Waals surface area contributed by atoms with Gasteiger partial charge in [-0.25, -0.2) is 0 Å². The van der Waals surface area contributed by atoms with Gasteiger partial charge in [0, 0.05) is 6.42 Å². The average Bonchev–Trinajstić information content (AvgIpc) is 3.30. The van der Waals surface area contributed by atoms with Crippen molar-refractivity contribution in [1.29, 1.82) is 0 Å². The zero-order valence-corrected chi connectivity index (χ0v) is 38.7. The topological polar surface area (TPSA) is 307 Å². The van der Waals surface area contributed by atoms with Crippen molar-refractivity contribution >= 4 is 5.91 Å². The van der Waals surface area contributed by atoms with E-state index < -0.39 is 124 Å². The molecule has 3 saturated heterocycles. The van der Waals surface area contributed by atoms with E-state index in [2.05, 4.69) is 31.3 Å². The van der Waals surface area contributed by atoms with Crippen LogP contribution in [-0.2, 0) is 33.2 Å². The standard InChI is InChI=1S/C46H85NO18/c1-3-5-7-9-11-12-13-14-15-16-18-20-22-24-34(52)47-29(30(51)23-21-19-17-10-8-6-4-2)28-60-44-40(58)37(55)42(32(26-49)62-44)65-46-41(59)38(56)43(33(27-50)63-46)64-45-39(57)36(54)35(53)31(25-48)61-45/h12-13,29-33,35-46,48-51,53-59H,3-11,14-28H2,1-2H3,(H,47,52)/b13-12-. The van der Waals surface area contributed by atoms with Crippen molar-refractivity contribution in [2.24, 2.45) is 0 Å². The van der Waals surface area contributed by atoms with Gasteiger partial charge in [0.1, 0.15) is 73.2 Å². The number of carbonyl (C=O) groups excluding carboxylic acids is 1. The van der Waals surface area contributed by atoms with Gasteiger partial charge in [-0.3, -0.25) is 4.79 Å². The maximum Gasteiger partial charge on any atom is 0.220 e. The molecule has 0 spiro atoms. The first-order chi connectivity index (χ1) is 31.3. The molecule has 12 N–H and O–H groups in total. The van der Waals surface area contributed by atoms with Gasteiger partial charge in [0.05, 0.1) is 38.6 Å². The summed E-state index contributed by atoms with van der Waals surface area (Å²) in [7, 11) is 0. The van der Waals surface area contributed by atoms with Crippen molar-refractivity contribution in [1.82, 2.24) is 5.32 Å². The Bertz CT molecular complexity index is 1260. The molecule has 19 heteroatoms. The first-order valence-corrected chi connectivity index (χ1v) is 24.4. The third-order valence-corrected chi connectivity index (χ3v) is 12.6. The molecular formula is C46H85NO18. The van der Waals surface area contributed by atoms with Crippen LogP contribution in [0.3, 0.4) is 0 Å². The third-order valence-electron chi connectivity index (χ3n) is 12.6. The molecule has 19 nitrogen and oxygen atoms in total. The quantitative estimate of drug-likeness (QED) is 0.0318. The van der Waals surface area contributed by atoms with E-state index >= 15 is 0 Å². The molecule has 0 aliphatic carbocycles. The third kappa shape index (κ3) is 19.1. The smallest absolute Gasteiger partial charge is 0.220 e. The summed E-state index contributed by atoms with van der Waals surface area (Å²) in [4.78, 5) is 13.1. The summed E-state index contributed by atoms with van der Waals surface area (Å²) in [6, 6.07) is -0.883. The fourth-order valence-corrected chi connectivity index (χ4v) is 8.42. The first kappa shape index (κ1) is 57.8. The minimum atomic E-state index is -1.97. The molecular weight excluding hydrogens is 854 g/mol. The van der Waals surface area contributed by atoms with Gasteiger partial charge < -0.3 is 89.9 Å². The zero-order valence-electron chi connectivity index (χ0n) is 38.7. The summed E-state index contributed by atoms with van der Waals surface area (Å²) in [5.74, 6) is -0.259. The van der Waals surface area contributed by atoms with E-state index in [1.807, 2.05) is 0 Å². The van der Waals surface area contributed by atoms with Gasteiger partial charge in [-0.15, -0.1) is 0 Å². The molecule has 0 aromatic heterocycles. The Morgan fingerprint density at radius 1 is 0.538 bits per heavy atom. The average molecular weight is 940 g/mol. The number of hydrogen-bond acceptors (Lipinski definition) is 18. The summed E-state index contributed by atoms with van der Waals surface area (Å²) in [6.07, 6.45) is -2.09. The highest BCUT2D eigenvalue weighted by atomic mass is 16.8. The molecule has 3 aliphatic heterocycles. The predicted octanol–water partition coefficient (Wildman–Crippen LogP) is 0.695. The summed E-state index contributed by atoms with van der Waals surface area (Å²) < 4.78 is 34.0. The molecule has 17 unspecified atom stereocenters. The lowest BCUT2D eigenvalue weighted by molar-refractivity contribution is -0.379. The van der Waals surface area contributed by atoms with Crippen molar-refractivity contribution in [3.05, 3.63) is 12.2 Å². The van der Waals surface area contributed by atoms with Crippen LogP contribution in [-0.4, -0.2) is 193 Å². The van der Waals surface area contributed by atoms with Gasteiger partial charge in [0.25, 0.3) is 0 Å². The number of ether oxygens (including phenoxy) is 6. The van der Waals surface area contributed by atoms with E-state index in [1.165, 1.54) is 32.1 Å². The Balaban J connectivity index is 1.56. The molecule has 0 bridgehead atoms. The number of carbonyl (C=O) groups is 1. The maximum absolute atomic E-state index is 13.1. The Labute approximate surface area is 385 Å². The number of nitrogens with one attached hydrogen (secondary N) is 1. The molecule has 1 amide bonds. The lowest BCUT2D eigenvalue weighted by atomic mass is 9.96. The van der Waals surface area contributed by atoms with E-state index in [0.29, 0.717) is 12.8 Å². The molecule has 3 rings (SSSR count). The Morgan fingerprint density at radius 2 is 0.969 bits per heavy atom. The van der Waals surface area contributed by atoms with Crippen LogP contribution in [0.1, 0.15) is 142 Å². The molecule has 0 saturated carbocycles. The van der Waals surface area contributed by atoms with Crippen molar-refractivity contribution < 1.29 is 89.4 Å². The fourth-order valence-electron chi connectivity index (χ4n) is 8.42. The second-order valence-corrected chi connectivity index (χ2v) is 17.9. The Kier molecular flexibility index (Phi) is 28.8. The van der Waals surface area contributed by atoms with Crippen LogP contribution in [0.2, 0.25) is 0 Å². The highest BCUT2D eigenvalue weighted by Crippen LogP contribution is 2.33. The lowest BCUT2D eigenvalue weighted by Gasteiger charge is -2.48. The fraction of sp³-hybridized carbons (Fsp3) is 0.935.